The first-order valence-corrected chi connectivity index (χ1v) is 6.68. The Hall–Kier alpha value is -1.07. The van der Waals surface area contributed by atoms with Crippen molar-refractivity contribution in [3.63, 3.8) is 0 Å². The van der Waals surface area contributed by atoms with E-state index in [1.165, 1.54) is 0 Å². The van der Waals surface area contributed by atoms with E-state index in [1.54, 1.807) is 0 Å². The van der Waals surface area contributed by atoms with E-state index >= 15 is 0 Å². The normalized spacial score (nSPS) is 31.1. The van der Waals surface area contributed by atoms with Crippen LogP contribution < -0.4 is 4.90 Å². The molecule has 0 bridgehead atoms. The van der Waals surface area contributed by atoms with Gasteiger partial charge in [0.25, 0.3) is 0 Å². The van der Waals surface area contributed by atoms with Crippen LogP contribution in [0.25, 0.3) is 0 Å². The Labute approximate surface area is 107 Å². The SMILES string of the molecule is Cc1nn(C)c(N2CC3CCC(O)C3C2)c1CO. The second-order valence-corrected chi connectivity index (χ2v) is 5.64. The average Bonchev–Trinajstić information content (AvgIpc) is 2.94. The molecule has 0 aromatic carbocycles. The van der Waals surface area contributed by atoms with Crippen LogP contribution in [-0.4, -0.2) is 39.2 Å². The number of aryl methyl sites for hydroxylation is 2. The molecule has 2 N–H and O–H groups in total. The first-order valence-electron chi connectivity index (χ1n) is 6.68. The van der Waals surface area contributed by atoms with Crippen LogP contribution in [0.5, 0.6) is 0 Å². The predicted octanol–water partition coefficient (Wildman–Crippen LogP) is 0.428. The van der Waals surface area contributed by atoms with Crippen molar-refractivity contribution < 1.29 is 10.2 Å². The van der Waals surface area contributed by atoms with Crippen LogP contribution in [0, 0.1) is 18.8 Å². The summed E-state index contributed by atoms with van der Waals surface area (Å²) in [7, 11) is 1.92. The van der Waals surface area contributed by atoms with E-state index in [0.717, 1.165) is 43.0 Å². The highest BCUT2D eigenvalue weighted by molar-refractivity contribution is 5.51. The highest BCUT2D eigenvalue weighted by atomic mass is 16.3. The van der Waals surface area contributed by atoms with Gasteiger partial charge in [0.15, 0.2) is 0 Å². The Balaban J connectivity index is 1.89. The van der Waals surface area contributed by atoms with Gasteiger partial charge in [-0.15, -0.1) is 0 Å². The largest absolute Gasteiger partial charge is 0.393 e. The lowest BCUT2D eigenvalue weighted by Crippen LogP contribution is -2.27. The minimum absolute atomic E-state index is 0.0311. The number of aromatic nitrogens is 2. The van der Waals surface area contributed by atoms with Crippen molar-refractivity contribution in [1.82, 2.24) is 9.78 Å². The number of nitrogens with zero attached hydrogens (tertiary/aromatic N) is 3. The van der Waals surface area contributed by atoms with Gasteiger partial charge in [-0.05, 0) is 25.7 Å². The van der Waals surface area contributed by atoms with Crippen LogP contribution in [0.4, 0.5) is 5.82 Å². The Morgan fingerprint density at radius 2 is 2.11 bits per heavy atom. The quantitative estimate of drug-likeness (QED) is 0.800. The van der Waals surface area contributed by atoms with Gasteiger partial charge in [0.05, 0.1) is 18.4 Å². The molecule has 5 heteroatoms. The minimum Gasteiger partial charge on any atom is -0.393 e. The third-order valence-electron chi connectivity index (χ3n) is 4.59. The summed E-state index contributed by atoms with van der Waals surface area (Å²) in [4.78, 5) is 2.28. The summed E-state index contributed by atoms with van der Waals surface area (Å²) in [6.45, 7) is 3.83. The molecular weight excluding hydrogens is 230 g/mol. The Morgan fingerprint density at radius 1 is 1.33 bits per heavy atom. The Morgan fingerprint density at radius 3 is 2.78 bits per heavy atom. The first-order chi connectivity index (χ1) is 8.61. The van der Waals surface area contributed by atoms with E-state index in [4.69, 9.17) is 0 Å². The Kier molecular flexibility index (Phi) is 2.83. The molecule has 0 amide bonds. The zero-order chi connectivity index (χ0) is 12.9. The van der Waals surface area contributed by atoms with E-state index < -0.39 is 0 Å². The highest BCUT2D eigenvalue weighted by Crippen LogP contribution is 2.40. The summed E-state index contributed by atoms with van der Waals surface area (Å²) in [6.07, 6.45) is 1.92. The molecule has 0 spiro atoms. The van der Waals surface area contributed by atoms with Gasteiger partial charge in [-0.1, -0.05) is 0 Å². The van der Waals surface area contributed by atoms with Crippen molar-refractivity contribution in [2.24, 2.45) is 18.9 Å². The molecule has 5 nitrogen and oxygen atoms in total. The second-order valence-electron chi connectivity index (χ2n) is 5.64. The lowest BCUT2D eigenvalue weighted by Gasteiger charge is -2.21. The number of hydrogen-bond donors (Lipinski definition) is 2. The fourth-order valence-corrected chi connectivity index (χ4v) is 3.68. The standard InChI is InChI=1S/C13H21N3O2/c1-8-11(7-17)13(15(2)14-8)16-5-9-3-4-12(18)10(9)6-16/h9-10,12,17-18H,3-7H2,1-2H3. The summed E-state index contributed by atoms with van der Waals surface area (Å²) in [5.41, 5.74) is 1.82. The lowest BCUT2D eigenvalue weighted by atomic mass is 10.00. The fraction of sp³-hybridized carbons (Fsp3) is 0.769. The number of fused-ring (bicyclic) bond motifs is 1. The molecule has 18 heavy (non-hydrogen) atoms. The van der Waals surface area contributed by atoms with Gasteiger partial charge < -0.3 is 15.1 Å². The molecular formula is C13H21N3O2. The fourth-order valence-electron chi connectivity index (χ4n) is 3.68. The molecule has 2 heterocycles. The van der Waals surface area contributed by atoms with E-state index in [0.29, 0.717) is 11.8 Å². The summed E-state index contributed by atoms with van der Waals surface area (Å²) < 4.78 is 1.86. The molecule has 1 saturated carbocycles. The average molecular weight is 251 g/mol. The summed E-state index contributed by atoms with van der Waals surface area (Å²) in [5.74, 6) is 2.02. The van der Waals surface area contributed by atoms with Crippen molar-refractivity contribution in [3.8, 4) is 0 Å². The van der Waals surface area contributed by atoms with Gasteiger partial charge in [0.1, 0.15) is 5.82 Å². The molecule has 3 rings (SSSR count). The maximum atomic E-state index is 9.97. The molecule has 2 aliphatic rings. The molecule has 3 atom stereocenters. The third-order valence-corrected chi connectivity index (χ3v) is 4.59. The van der Waals surface area contributed by atoms with E-state index in [9.17, 15) is 10.2 Å². The van der Waals surface area contributed by atoms with Crippen molar-refractivity contribution in [2.75, 3.05) is 18.0 Å². The van der Waals surface area contributed by atoms with Crippen LogP contribution in [0.2, 0.25) is 0 Å². The van der Waals surface area contributed by atoms with E-state index in [-0.39, 0.29) is 12.7 Å². The number of aliphatic hydroxyl groups is 2. The van der Waals surface area contributed by atoms with Crippen LogP contribution in [-0.2, 0) is 13.7 Å². The molecule has 100 valence electrons. The number of aliphatic hydroxyl groups excluding tert-OH is 2. The van der Waals surface area contributed by atoms with Crippen LogP contribution in [0.15, 0.2) is 0 Å². The van der Waals surface area contributed by atoms with Crippen molar-refractivity contribution >= 4 is 5.82 Å². The predicted molar refractivity (Wildman–Crippen MR) is 68.3 cm³/mol. The number of rotatable bonds is 2. The topological polar surface area (TPSA) is 61.5 Å². The summed E-state index contributed by atoms with van der Waals surface area (Å²) in [6, 6.07) is 0. The van der Waals surface area contributed by atoms with Crippen LogP contribution in [0.3, 0.4) is 0 Å². The molecule has 1 aliphatic carbocycles. The van der Waals surface area contributed by atoms with Gasteiger partial charge >= 0.3 is 0 Å². The molecule has 0 radical (unpaired) electrons. The zero-order valence-electron chi connectivity index (χ0n) is 11.0. The number of anilines is 1. The molecule has 1 aromatic heterocycles. The van der Waals surface area contributed by atoms with Gasteiger partial charge in [-0.3, -0.25) is 4.68 Å². The van der Waals surface area contributed by atoms with Gasteiger partial charge in [0, 0.05) is 31.6 Å². The van der Waals surface area contributed by atoms with Crippen molar-refractivity contribution in [1.29, 1.82) is 0 Å². The van der Waals surface area contributed by atoms with E-state index in [2.05, 4.69) is 10.00 Å². The molecule has 1 saturated heterocycles. The summed E-state index contributed by atoms with van der Waals surface area (Å²) in [5, 5.41) is 23.9. The monoisotopic (exact) mass is 251 g/mol. The van der Waals surface area contributed by atoms with Gasteiger partial charge in [0.2, 0.25) is 0 Å². The zero-order valence-corrected chi connectivity index (χ0v) is 11.0. The van der Waals surface area contributed by atoms with E-state index in [1.807, 2.05) is 18.7 Å². The molecule has 1 aromatic rings. The number of hydrogen-bond acceptors (Lipinski definition) is 4. The van der Waals surface area contributed by atoms with Crippen molar-refractivity contribution in [2.45, 2.75) is 32.5 Å². The molecule has 3 unspecified atom stereocenters. The second kappa shape index (κ2) is 4.24. The first kappa shape index (κ1) is 12.0. The third kappa shape index (κ3) is 1.65. The summed E-state index contributed by atoms with van der Waals surface area (Å²) >= 11 is 0. The molecule has 1 aliphatic heterocycles. The minimum atomic E-state index is -0.146. The van der Waals surface area contributed by atoms with Crippen LogP contribution in [0.1, 0.15) is 24.1 Å². The van der Waals surface area contributed by atoms with Gasteiger partial charge in [-0.2, -0.15) is 5.10 Å². The van der Waals surface area contributed by atoms with Gasteiger partial charge in [-0.25, -0.2) is 0 Å². The smallest absolute Gasteiger partial charge is 0.132 e. The maximum absolute atomic E-state index is 9.97. The molecule has 2 fully saturated rings. The van der Waals surface area contributed by atoms with Crippen LogP contribution >= 0.6 is 0 Å². The maximum Gasteiger partial charge on any atom is 0.132 e. The Bertz CT molecular complexity index is 457. The van der Waals surface area contributed by atoms with Crippen molar-refractivity contribution in [3.05, 3.63) is 11.3 Å². The lowest BCUT2D eigenvalue weighted by molar-refractivity contribution is 0.133. The highest BCUT2D eigenvalue weighted by Gasteiger charge is 2.43.